The van der Waals surface area contributed by atoms with Gasteiger partial charge in [0.25, 0.3) is 0 Å². The number of aromatic nitrogens is 3. The van der Waals surface area contributed by atoms with Gasteiger partial charge in [-0.3, -0.25) is 4.68 Å². The van der Waals surface area contributed by atoms with Crippen molar-refractivity contribution in [2.45, 2.75) is 25.6 Å². The lowest BCUT2D eigenvalue weighted by Gasteiger charge is -2.32. The van der Waals surface area contributed by atoms with Crippen molar-refractivity contribution in [3.05, 3.63) is 53.9 Å². The average Bonchev–Trinajstić information content (AvgIpc) is 3.11. The zero-order valence-corrected chi connectivity index (χ0v) is 14.9. The van der Waals surface area contributed by atoms with Crippen LogP contribution in [0.5, 0.6) is 0 Å². The number of fused-ring (bicyclic) bond motifs is 1. The van der Waals surface area contributed by atoms with Gasteiger partial charge in [0.15, 0.2) is 0 Å². The van der Waals surface area contributed by atoms with E-state index in [1.54, 1.807) is 0 Å². The van der Waals surface area contributed by atoms with Crippen molar-refractivity contribution in [3.63, 3.8) is 0 Å². The van der Waals surface area contributed by atoms with Gasteiger partial charge in [0.05, 0.1) is 17.8 Å². The molecule has 0 bridgehead atoms. The molecular formula is C20H24N4O2. The van der Waals surface area contributed by atoms with E-state index in [0.717, 1.165) is 54.0 Å². The van der Waals surface area contributed by atoms with E-state index in [1.807, 2.05) is 54.3 Å². The molecule has 1 aromatic carbocycles. The highest BCUT2D eigenvalue weighted by Gasteiger charge is 2.29. The third kappa shape index (κ3) is 3.30. The van der Waals surface area contributed by atoms with E-state index in [0.29, 0.717) is 5.92 Å². The van der Waals surface area contributed by atoms with Gasteiger partial charge in [-0.2, -0.15) is 5.10 Å². The van der Waals surface area contributed by atoms with Crippen LogP contribution in [0.1, 0.15) is 30.2 Å². The molecule has 6 heteroatoms. The molecule has 0 radical (unpaired) electrons. The van der Waals surface area contributed by atoms with Crippen molar-refractivity contribution in [1.29, 1.82) is 0 Å². The molecule has 2 atom stereocenters. The normalized spacial score (nSPS) is 20.4. The minimum Gasteiger partial charge on any atom is -0.392 e. The molecule has 0 unspecified atom stereocenters. The molecule has 0 saturated carbocycles. The van der Waals surface area contributed by atoms with Gasteiger partial charge < -0.3 is 15.2 Å². The third-order valence-electron chi connectivity index (χ3n) is 5.10. The number of ether oxygens (including phenoxy) is 1. The smallest absolute Gasteiger partial charge is 0.132 e. The lowest BCUT2D eigenvalue weighted by molar-refractivity contribution is -0.0284. The summed E-state index contributed by atoms with van der Waals surface area (Å²) >= 11 is 0. The number of aliphatic hydroxyl groups is 1. The molecule has 3 aromatic rings. The second kappa shape index (κ2) is 7.43. The molecule has 0 aliphatic carbocycles. The Hall–Kier alpha value is -2.44. The zero-order chi connectivity index (χ0) is 17.9. The molecule has 2 N–H and O–H groups in total. The first-order valence-corrected chi connectivity index (χ1v) is 9.09. The van der Waals surface area contributed by atoms with Crippen LogP contribution in [0, 0.1) is 5.92 Å². The van der Waals surface area contributed by atoms with Crippen LogP contribution in [-0.2, 0) is 18.4 Å². The summed E-state index contributed by atoms with van der Waals surface area (Å²) in [4.78, 5) is 4.71. The fraction of sp³-hybridized carbons (Fsp3) is 0.400. The summed E-state index contributed by atoms with van der Waals surface area (Å²) in [5.74, 6) is 1.08. The van der Waals surface area contributed by atoms with Gasteiger partial charge in [0.2, 0.25) is 0 Å². The third-order valence-corrected chi connectivity index (χ3v) is 5.10. The molecule has 3 heterocycles. The Kier molecular flexibility index (Phi) is 4.86. The van der Waals surface area contributed by atoms with Crippen LogP contribution in [0.4, 0.5) is 5.82 Å². The number of rotatable bonds is 5. The highest BCUT2D eigenvalue weighted by atomic mass is 16.5. The summed E-state index contributed by atoms with van der Waals surface area (Å²) < 4.78 is 7.95. The molecule has 1 aliphatic heterocycles. The number of anilines is 1. The molecule has 0 spiro atoms. The molecule has 136 valence electrons. The van der Waals surface area contributed by atoms with Gasteiger partial charge in [-0.25, -0.2) is 4.98 Å². The number of hydrogen-bond donors (Lipinski definition) is 2. The second-order valence-corrected chi connectivity index (χ2v) is 6.80. The summed E-state index contributed by atoms with van der Waals surface area (Å²) in [6.45, 7) is 1.49. The first kappa shape index (κ1) is 17.0. The lowest BCUT2D eigenvalue weighted by Crippen LogP contribution is -2.30. The van der Waals surface area contributed by atoms with Crippen molar-refractivity contribution in [2.24, 2.45) is 13.0 Å². The van der Waals surface area contributed by atoms with Gasteiger partial charge in [-0.1, -0.05) is 18.2 Å². The first-order chi connectivity index (χ1) is 12.8. The minimum absolute atomic E-state index is 0.0294. The molecule has 1 saturated heterocycles. The Balaban J connectivity index is 1.55. The van der Waals surface area contributed by atoms with Crippen LogP contribution in [0.3, 0.4) is 0 Å². The average molecular weight is 352 g/mol. The molecule has 4 rings (SSSR count). The summed E-state index contributed by atoms with van der Waals surface area (Å²) in [5.41, 5.74) is 2.85. The van der Waals surface area contributed by atoms with E-state index < -0.39 is 0 Å². The molecule has 6 nitrogen and oxygen atoms in total. The number of aliphatic hydroxyl groups excluding tert-OH is 1. The van der Waals surface area contributed by atoms with Crippen LogP contribution in [-0.4, -0.2) is 33.0 Å². The molecule has 26 heavy (non-hydrogen) atoms. The van der Waals surface area contributed by atoms with E-state index in [-0.39, 0.29) is 12.7 Å². The van der Waals surface area contributed by atoms with E-state index in [1.165, 1.54) is 0 Å². The largest absolute Gasteiger partial charge is 0.392 e. The monoisotopic (exact) mass is 352 g/mol. The number of benzene rings is 1. The van der Waals surface area contributed by atoms with Gasteiger partial charge in [0.1, 0.15) is 11.9 Å². The van der Waals surface area contributed by atoms with E-state index in [9.17, 15) is 5.11 Å². The SMILES string of the molecule is Cn1nccc1[C@@H]1OCCC[C@H]1CNc1nc2ccccc2cc1CO. The quantitative estimate of drug-likeness (QED) is 0.738. The Morgan fingerprint density at radius 2 is 2.19 bits per heavy atom. The van der Waals surface area contributed by atoms with Gasteiger partial charge in [-0.15, -0.1) is 0 Å². The number of nitrogens with one attached hydrogen (secondary N) is 1. The fourth-order valence-electron chi connectivity index (χ4n) is 3.70. The van der Waals surface area contributed by atoms with E-state index in [2.05, 4.69) is 10.4 Å². The molecule has 1 fully saturated rings. The Bertz CT molecular complexity index is 892. The van der Waals surface area contributed by atoms with Crippen LogP contribution < -0.4 is 5.32 Å². The second-order valence-electron chi connectivity index (χ2n) is 6.80. The minimum atomic E-state index is -0.0352. The maximum Gasteiger partial charge on any atom is 0.132 e. The number of aryl methyl sites for hydroxylation is 1. The predicted octanol–water partition coefficient (Wildman–Crippen LogP) is 3.04. The number of para-hydroxylation sites is 1. The molecule has 1 aliphatic rings. The molecule has 2 aromatic heterocycles. The Labute approximate surface area is 152 Å². The summed E-state index contributed by atoms with van der Waals surface area (Å²) in [6.07, 6.45) is 3.98. The zero-order valence-electron chi connectivity index (χ0n) is 14.9. The van der Waals surface area contributed by atoms with Crippen molar-refractivity contribution >= 4 is 16.7 Å². The molecule has 0 amide bonds. The Morgan fingerprint density at radius 1 is 1.31 bits per heavy atom. The van der Waals surface area contributed by atoms with Gasteiger partial charge >= 0.3 is 0 Å². The summed E-state index contributed by atoms with van der Waals surface area (Å²) in [6, 6.07) is 12.0. The first-order valence-electron chi connectivity index (χ1n) is 9.09. The highest BCUT2D eigenvalue weighted by Crippen LogP contribution is 2.33. The standard InChI is InChI=1S/C20H24N4O2/c1-24-18(8-9-22-24)19-15(6-4-10-26-19)12-21-20-16(13-25)11-14-5-2-3-7-17(14)23-20/h2-3,5,7-9,11,15,19,25H,4,6,10,12-13H2,1H3,(H,21,23)/t15-,19+/m0/s1. The van der Waals surface area contributed by atoms with Crippen molar-refractivity contribution in [1.82, 2.24) is 14.8 Å². The number of pyridine rings is 1. The van der Waals surface area contributed by atoms with Gasteiger partial charge in [-0.05, 0) is 31.0 Å². The maximum absolute atomic E-state index is 9.74. The summed E-state index contributed by atoms with van der Waals surface area (Å²) in [5, 5.41) is 18.5. The van der Waals surface area contributed by atoms with Crippen LogP contribution in [0.25, 0.3) is 10.9 Å². The van der Waals surface area contributed by atoms with Crippen LogP contribution >= 0.6 is 0 Å². The topological polar surface area (TPSA) is 72.2 Å². The lowest BCUT2D eigenvalue weighted by atomic mass is 9.92. The van der Waals surface area contributed by atoms with Gasteiger partial charge in [0, 0.05) is 43.3 Å². The van der Waals surface area contributed by atoms with Crippen LogP contribution in [0.2, 0.25) is 0 Å². The van der Waals surface area contributed by atoms with Crippen LogP contribution in [0.15, 0.2) is 42.6 Å². The Morgan fingerprint density at radius 3 is 3.00 bits per heavy atom. The number of nitrogens with zero attached hydrogens (tertiary/aromatic N) is 3. The number of hydrogen-bond acceptors (Lipinski definition) is 5. The van der Waals surface area contributed by atoms with Crippen molar-refractivity contribution < 1.29 is 9.84 Å². The van der Waals surface area contributed by atoms with Crippen molar-refractivity contribution in [2.75, 3.05) is 18.5 Å². The predicted molar refractivity (Wildman–Crippen MR) is 101 cm³/mol. The van der Waals surface area contributed by atoms with E-state index in [4.69, 9.17) is 9.72 Å². The fourth-order valence-corrected chi connectivity index (χ4v) is 3.70. The van der Waals surface area contributed by atoms with E-state index >= 15 is 0 Å². The maximum atomic E-state index is 9.74. The molecular weight excluding hydrogens is 328 g/mol. The highest BCUT2D eigenvalue weighted by molar-refractivity contribution is 5.81. The van der Waals surface area contributed by atoms with Crippen molar-refractivity contribution in [3.8, 4) is 0 Å². The summed E-state index contributed by atoms with van der Waals surface area (Å²) in [7, 11) is 1.95.